The van der Waals surface area contributed by atoms with Crippen molar-refractivity contribution in [3.63, 3.8) is 0 Å². The van der Waals surface area contributed by atoms with Gasteiger partial charge in [0.1, 0.15) is 23.5 Å². The fourth-order valence-electron chi connectivity index (χ4n) is 6.87. The predicted molar refractivity (Wildman–Crippen MR) is 212 cm³/mol. The second kappa shape index (κ2) is 22.4. The molecule has 1 aromatic carbocycles. The molecule has 13 nitrogen and oxygen atoms in total. The van der Waals surface area contributed by atoms with Gasteiger partial charge in [-0.1, -0.05) is 83.9 Å². The first-order valence-corrected chi connectivity index (χ1v) is 20.2. The largest absolute Gasteiger partial charge is 0.481 e. The van der Waals surface area contributed by atoms with Crippen molar-refractivity contribution < 1.29 is 38.6 Å². The van der Waals surface area contributed by atoms with Crippen LogP contribution < -0.4 is 10.6 Å². The van der Waals surface area contributed by atoms with Crippen LogP contribution >= 0.6 is 11.3 Å². The molecule has 1 unspecified atom stereocenters. The number of carboxylic acids is 1. The third-order valence-corrected chi connectivity index (χ3v) is 11.2. The summed E-state index contributed by atoms with van der Waals surface area (Å²) in [5, 5.41) is 17.6. The Morgan fingerprint density at radius 3 is 2.40 bits per heavy atom. The van der Waals surface area contributed by atoms with E-state index in [2.05, 4.69) is 22.2 Å². The highest BCUT2D eigenvalue weighted by atomic mass is 32.1. The maximum Gasteiger partial charge on any atom is 0.306 e. The molecule has 0 saturated carbocycles. The van der Waals surface area contributed by atoms with Gasteiger partial charge >= 0.3 is 11.9 Å². The summed E-state index contributed by atoms with van der Waals surface area (Å²) in [6.07, 6.45) is 4.80. The molecule has 55 heavy (non-hydrogen) atoms. The van der Waals surface area contributed by atoms with E-state index in [1.165, 1.54) is 6.92 Å². The number of benzene rings is 1. The molecule has 3 rings (SSSR count). The topological polar surface area (TPSA) is 167 Å². The van der Waals surface area contributed by atoms with Gasteiger partial charge in [-0.15, -0.1) is 17.9 Å². The maximum atomic E-state index is 14.7. The standard InChI is InChI=1S/C41H61N5O8S/c1-9-20-53-25-46(40(50)36(27(5)10-2)44-38(49)33-18-14-15-19-45(33)8)34(26(3)4)23-35(54-29(7)47)39-43-32(24-55-39)37(48)42-31(21-28(6)41(51)52)22-30-16-12-11-13-17-30/h9,11-13,16-17,24,26-28,31,33-36H,1,10,14-15,18-23,25H2,2-8H3,(H,42,48)(H,44,49)(H,51,52)/t27?,28-,31+,33+,34+,35+,36-/m0/s1. The van der Waals surface area contributed by atoms with Crippen LogP contribution in [0.15, 0.2) is 48.4 Å². The van der Waals surface area contributed by atoms with Gasteiger partial charge in [-0.05, 0) is 56.7 Å². The van der Waals surface area contributed by atoms with Crippen molar-refractivity contribution in [1.29, 1.82) is 0 Å². The molecule has 1 aliphatic rings. The molecule has 1 aromatic heterocycles. The third kappa shape index (κ3) is 13.8. The Morgan fingerprint density at radius 1 is 1.09 bits per heavy atom. The zero-order valence-electron chi connectivity index (χ0n) is 33.5. The Bertz CT molecular complexity index is 1570. The lowest BCUT2D eigenvalue weighted by Crippen LogP contribution is -2.59. The molecule has 0 spiro atoms. The second-order valence-electron chi connectivity index (χ2n) is 15.0. The quantitative estimate of drug-likeness (QED) is 0.0591. The summed E-state index contributed by atoms with van der Waals surface area (Å²) in [5.41, 5.74) is 1.06. The van der Waals surface area contributed by atoms with Crippen LogP contribution in [0.4, 0.5) is 0 Å². The van der Waals surface area contributed by atoms with Gasteiger partial charge < -0.3 is 30.1 Å². The number of hydrogen-bond acceptors (Lipinski definition) is 10. The summed E-state index contributed by atoms with van der Waals surface area (Å²) in [6, 6.07) is 7.35. The lowest BCUT2D eigenvalue weighted by atomic mass is 9.92. The number of likely N-dealkylation sites (tertiary alicyclic amines) is 1. The number of hydrogen-bond donors (Lipinski definition) is 3. The number of carbonyl (C=O) groups is 5. The molecule has 2 aromatic rings. The van der Waals surface area contributed by atoms with E-state index in [4.69, 9.17) is 9.47 Å². The van der Waals surface area contributed by atoms with Crippen molar-refractivity contribution in [1.82, 2.24) is 25.4 Å². The van der Waals surface area contributed by atoms with E-state index in [0.717, 1.165) is 42.7 Å². The lowest BCUT2D eigenvalue weighted by molar-refractivity contribution is -0.153. The molecule has 304 valence electrons. The fourth-order valence-corrected chi connectivity index (χ4v) is 7.71. The molecule has 0 aliphatic carbocycles. The van der Waals surface area contributed by atoms with E-state index in [-0.39, 0.29) is 61.6 Å². The van der Waals surface area contributed by atoms with E-state index >= 15 is 0 Å². The first-order chi connectivity index (χ1) is 26.2. The molecular formula is C41H61N5O8S. The number of aromatic nitrogens is 1. The SMILES string of the molecule is C=CCOCN(C(=O)[C@@H](NC(=O)[C@H]1CCCCN1C)C(C)CC)[C@H](C[C@@H](OC(C)=O)c1nc(C(=O)N[C@@H](Cc2ccccc2)C[C@H](C)C(=O)O)cs1)C(C)C. The van der Waals surface area contributed by atoms with Crippen molar-refractivity contribution >= 4 is 41.0 Å². The van der Waals surface area contributed by atoms with Gasteiger partial charge in [0, 0.05) is 30.8 Å². The maximum absolute atomic E-state index is 14.7. The zero-order valence-corrected chi connectivity index (χ0v) is 34.3. The number of ether oxygens (including phenoxy) is 2. The molecule has 1 aliphatic heterocycles. The van der Waals surface area contributed by atoms with E-state index in [9.17, 15) is 29.1 Å². The molecular weight excluding hydrogens is 723 g/mol. The first-order valence-electron chi connectivity index (χ1n) is 19.4. The number of rotatable bonds is 22. The number of piperidine rings is 1. The first kappa shape index (κ1) is 45.3. The zero-order chi connectivity index (χ0) is 40.7. The van der Waals surface area contributed by atoms with Crippen molar-refractivity contribution in [2.24, 2.45) is 17.8 Å². The van der Waals surface area contributed by atoms with Crippen LogP contribution in [0, 0.1) is 17.8 Å². The van der Waals surface area contributed by atoms with Crippen LogP contribution in [-0.4, -0.2) is 101 Å². The number of esters is 1. The summed E-state index contributed by atoms with van der Waals surface area (Å²) in [6.45, 7) is 15.4. The average Bonchev–Trinajstić information content (AvgIpc) is 3.65. The Balaban J connectivity index is 1.91. The van der Waals surface area contributed by atoms with Gasteiger partial charge in [0.2, 0.25) is 11.8 Å². The summed E-state index contributed by atoms with van der Waals surface area (Å²) in [4.78, 5) is 74.3. The van der Waals surface area contributed by atoms with E-state index < -0.39 is 48.0 Å². The summed E-state index contributed by atoms with van der Waals surface area (Å²) < 4.78 is 11.7. The Kier molecular flexibility index (Phi) is 18.4. The van der Waals surface area contributed by atoms with Crippen LogP contribution in [0.3, 0.4) is 0 Å². The Morgan fingerprint density at radius 2 is 1.80 bits per heavy atom. The highest BCUT2D eigenvalue weighted by Crippen LogP contribution is 2.32. The van der Waals surface area contributed by atoms with Crippen molar-refractivity contribution in [2.45, 2.75) is 117 Å². The minimum atomic E-state index is -0.954. The highest BCUT2D eigenvalue weighted by Gasteiger charge is 2.39. The minimum Gasteiger partial charge on any atom is -0.481 e. The second-order valence-corrected chi connectivity index (χ2v) is 15.9. The highest BCUT2D eigenvalue weighted by molar-refractivity contribution is 7.09. The summed E-state index contributed by atoms with van der Waals surface area (Å²) in [5.74, 6) is -3.49. The van der Waals surface area contributed by atoms with Gasteiger partial charge in [0.05, 0.1) is 18.6 Å². The molecule has 14 heteroatoms. The number of carboxylic acid groups (broad SMARTS) is 1. The number of thiazole rings is 1. The lowest BCUT2D eigenvalue weighted by Gasteiger charge is -2.39. The van der Waals surface area contributed by atoms with Crippen molar-refractivity contribution in [2.75, 3.05) is 26.9 Å². The van der Waals surface area contributed by atoms with Crippen LogP contribution in [0.2, 0.25) is 0 Å². The third-order valence-electron chi connectivity index (χ3n) is 10.3. The number of carbonyl (C=O) groups excluding carboxylic acids is 4. The number of aliphatic carboxylic acids is 1. The molecule has 3 amide bonds. The minimum absolute atomic E-state index is 0.0876. The Hall–Kier alpha value is -4.14. The molecule has 0 radical (unpaired) electrons. The molecule has 1 saturated heterocycles. The van der Waals surface area contributed by atoms with Gasteiger partial charge in [-0.25, -0.2) is 4.98 Å². The van der Waals surface area contributed by atoms with E-state index in [1.54, 1.807) is 23.3 Å². The van der Waals surface area contributed by atoms with E-state index in [1.807, 2.05) is 70.0 Å². The van der Waals surface area contributed by atoms with Crippen LogP contribution in [-0.2, 0) is 35.1 Å². The van der Waals surface area contributed by atoms with Crippen molar-refractivity contribution in [3.8, 4) is 0 Å². The number of nitrogens with zero attached hydrogens (tertiary/aromatic N) is 3. The van der Waals surface area contributed by atoms with Gasteiger partial charge in [0.25, 0.3) is 5.91 Å². The van der Waals surface area contributed by atoms with Gasteiger partial charge in [-0.3, -0.25) is 28.9 Å². The van der Waals surface area contributed by atoms with E-state index in [0.29, 0.717) is 17.8 Å². The summed E-state index contributed by atoms with van der Waals surface area (Å²) >= 11 is 1.16. The normalized spacial score (nSPS) is 17.9. The average molecular weight is 784 g/mol. The number of nitrogens with one attached hydrogen (secondary N) is 2. The number of amides is 3. The van der Waals surface area contributed by atoms with Gasteiger partial charge in [0.15, 0.2) is 6.10 Å². The molecule has 2 heterocycles. The monoisotopic (exact) mass is 783 g/mol. The molecule has 0 bridgehead atoms. The summed E-state index contributed by atoms with van der Waals surface area (Å²) in [7, 11) is 1.93. The fraction of sp³-hybridized carbons (Fsp3) is 0.610. The van der Waals surface area contributed by atoms with Crippen LogP contribution in [0.25, 0.3) is 0 Å². The smallest absolute Gasteiger partial charge is 0.306 e. The van der Waals surface area contributed by atoms with Gasteiger partial charge in [-0.2, -0.15) is 0 Å². The number of likely N-dealkylation sites (N-methyl/N-ethyl adjacent to an activating group) is 1. The molecule has 3 N–H and O–H groups in total. The molecule has 7 atom stereocenters. The Labute approximate surface area is 330 Å². The predicted octanol–water partition coefficient (Wildman–Crippen LogP) is 5.62. The van der Waals surface area contributed by atoms with Crippen LogP contribution in [0.1, 0.15) is 107 Å². The van der Waals surface area contributed by atoms with Crippen molar-refractivity contribution in [3.05, 3.63) is 64.6 Å². The molecule has 1 fully saturated rings. The van der Waals surface area contributed by atoms with Crippen LogP contribution in [0.5, 0.6) is 0 Å².